The number of hydrogen-bond acceptors (Lipinski definition) is 8. The number of aliphatic hydroxyl groups excluding tert-OH is 2. The van der Waals surface area contributed by atoms with E-state index in [4.69, 9.17) is 14.2 Å². The number of esters is 2. The summed E-state index contributed by atoms with van der Waals surface area (Å²) in [7, 11) is 0. The van der Waals surface area contributed by atoms with Gasteiger partial charge >= 0.3 is 11.9 Å². The predicted octanol–water partition coefficient (Wildman–Crippen LogP) is 3.39. The average molecular weight is 509 g/mol. The quantitative estimate of drug-likeness (QED) is 0.207. The van der Waals surface area contributed by atoms with E-state index >= 15 is 0 Å². The van der Waals surface area contributed by atoms with Crippen LogP contribution in [0, 0.1) is 11.8 Å². The van der Waals surface area contributed by atoms with E-state index in [1.807, 2.05) is 52.8 Å². The van der Waals surface area contributed by atoms with Gasteiger partial charge < -0.3 is 29.5 Å². The molecule has 2 heterocycles. The summed E-state index contributed by atoms with van der Waals surface area (Å²) < 4.78 is 16.8. The second-order valence-electron chi connectivity index (χ2n) is 10.7. The Bertz CT molecular complexity index is 860. The van der Waals surface area contributed by atoms with Crippen molar-refractivity contribution in [1.82, 2.24) is 0 Å². The second-order valence-corrected chi connectivity index (χ2v) is 10.7. The molecule has 36 heavy (non-hydrogen) atoms. The Hall–Kier alpha value is -2.00. The molecule has 9 atom stereocenters. The molecule has 0 saturated carbocycles. The molecule has 3 N–H and O–H groups in total. The van der Waals surface area contributed by atoms with Crippen LogP contribution >= 0.6 is 0 Å². The van der Waals surface area contributed by atoms with E-state index in [0.717, 1.165) is 12.0 Å². The maximum atomic E-state index is 12.6. The van der Waals surface area contributed by atoms with Crippen LogP contribution in [0.3, 0.4) is 0 Å². The van der Waals surface area contributed by atoms with Gasteiger partial charge in [-0.05, 0) is 51.7 Å². The number of hydrogen-bond donors (Lipinski definition) is 3. The molecule has 2 aliphatic heterocycles. The lowest BCUT2D eigenvalue weighted by molar-refractivity contribution is -0.157. The van der Waals surface area contributed by atoms with Crippen molar-refractivity contribution in [3.8, 4) is 0 Å². The first-order chi connectivity index (χ1) is 16.7. The summed E-state index contributed by atoms with van der Waals surface area (Å²) >= 11 is 0. The summed E-state index contributed by atoms with van der Waals surface area (Å²) in [6, 6.07) is 0. The SMILES string of the molecule is CC[C@H]1O[C@]1(C)[C@H](O)[C@@H](C)/C=C/C=C(\C)[C@@H]1OC(=O)C[C@H](O)CC[C@](C)(O)[C@@H](OC(C)=O)/C=C/[C@@H]1C. The highest BCUT2D eigenvalue weighted by atomic mass is 16.6. The van der Waals surface area contributed by atoms with Crippen LogP contribution in [0.1, 0.15) is 74.1 Å². The van der Waals surface area contributed by atoms with Gasteiger partial charge in [-0.2, -0.15) is 0 Å². The molecule has 0 amide bonds. The predicted molar refractivity (Wildman–Crippen MR) is 136 cm³/mol. The molecule has 1 fully saturated rings. The minimum absolute atomic E-state index is 0.0656. The van der Waals surface area contributed by atoms with Crippen molar-refractivity contribution >= 4 is 11.9 Å². The number of epoxide rings is 1. The molecule has 0 bridgehead atoms. The zero-order chi connectivity index (χ0) is 27.3. The fourth-order valence-corrected chi connectivity index (χ4v) is 4.76. The van der Waals surface area contributed by atoms with Crippen LogP contribution in [0.5, 0.6) is 0 Å². The van der Waals surface area contributed by atoms with Crippen LogP contribution < -0.4 is 0 Å². The van der Waals surface area contributed by atoms with Crippen molar-refractivity contribution in [2.24, 2.45) is 11.8 Å². The van der Waals surface area contributed by atoms with Gasteiger partial charge in [0.2, 0.25) is 0 Å². The van der Waals surface area contributed by atoms with Gasteiger partial charge in [0.1, 0.15) is 23.4 Å². The minimum Gasteiger partial charge on any atom is -0.457 e. The average Bonchev–Trinajstić information content (AvgIpc) is 3.48. The van der Waals surface area contributed by atoms with E-state index in [1.54, 1.807) is 19.1 Å². The van der Waals surface area contributed by atoms with Gasteiger partial charge in [0.05, 0.1) is 24.7 Å². The summed E-state index contributed by atoms with van der Waals surface area (Å²) in [5.41, 5.74) is -1.17. The molecule has 0 unspecified atom stereocenters. The Balaban J connectivity index is 2.24. The van der Waals surface area contributed by atoms with E-state index < -0.39 is 47.6 Å². The largest absolute Gasteiger partial charge is 0.457 e. The lowest BCUT2D eigenvalue weighted by Crippen LogP contribution is -2.42. The van der Waals surface area contributed by atoms with E-state index in [-0.39, 0.29) is 37.2 Å². The van der Waals surface area contributed by atoms with Crippen molar-refractivity contribution in [3.63, 3.8) is 0 Å². The first kappa shape index (κ1) is 30.2. The first-order valence-corrected chi connectivity index (χ1v) is 12.9. The number of carbonyl (C=O) groups excluding carboxylic acids is 2. The number of allylic oxidation sites excluding steroid dienone is 2. The Morgan fingerprint density at radius 2 is 1.97 bits per heavy atom. The molecule has 204 valence electrons. The molecule has 0 radical (unpaired) electrons. The van der Waals surface area contributed by atoms with Crippen LogP contribution in [0.4, 0.5) is 0 Å². The molecule has 0 aromatic heterocycles. The normalized spacial score (nSPS) is 38.9. The fourth-order valence-electron chi connectivity index (χ4n) is 4.76. The molecule has 2 rings (SSSR count). The first-order valence-electron chi connectivity index (χ1n) is 12.9. The van der Waals surface area contributed by atoms with Gasteiger partial charge in [-0.25, -0.2) is 0 Å². The Labute approximate surface area is 215 Å². The Morgan fingerprint density at radius 1 is 1.31 bits per heavy atom. The van der Waals surface area contributed by atoms with Gasteiger partial charge in [-0.1, -0.05) is 45.1 Å². The second kappa shape index (κ2) is 12.5. The third-order valence-corrected chi connectivity index (χ3v) is 7.27. The summed E-state index contributed by atoms with van der Waals surface area (Å²) in [5.74, 6) is -1.51. The molecular formula is C28H44O8. The molecule has 1 saturated heterocycles. The van der Waals surface area contributed by atoms with E-state index in [0.29, 0.717) is 0 Å². The highest BCUT2D eigenvalue weighted by Crippen LogP contribution is 2.43. The van der Waals surface area contributed by atoms with Crippen molar-refractivity contribution in [3.05, 3.63) is 36.0 Å². The minimum atomic E-state index is -1.41. The number of rotatable bonds is 7. The van der Waals surface area contributed by atoms with Crippen LogP contribution in [-0.4, -0.2) is 69.0 Å². The van der Waals surface area contributed by atoms with Gasteiger partial charge in [0.15, 0.2) is 0 Å². The maximum absolute atomic E-state index is 12.6. The molecule has 0 aliphatic carbocycles. The van der Waals surface area contributed by atoms with Crippen LogP contribution in [0.25, 0.3) is 0 Å². The Morgan fingerprint density at radius 3 is 2.56 bits per heavy atom. The highest BCUT2D eigenvalue weighted by molar-refractivity contribution is 5.70. The monoisotopic (exact) mass is 508 g/mol. The van der Waals surface area contributed by atoms with E-state index in [1.165, 1.54) is 6.92 Å². The molecule has 0 spiro atoms. The summed E-state index contributed by atoms with van der Waals surface area (Å²) in [6.45, 7) is 12.4. The molecule has 8 nitrogen and oxygen atoms in total. The smallest absolute Gasteiger partial charge is 0.309 e. The van der Waals surface area contributed by atoms with Gasteiger partial charge in [-0.3, -0.25) is 9.59 Å². The molecule has 0 aromatic carbocycles. The maximum Gasteiger partial charge on any atom is 0.309 e. The third kappa shape index (κ3) is 8.00. The molecular weight excluding hydrogens is 464 g/mol. The molecule has 8 heteroatoms. The van der Waals surface area contributed by atoms with Crippen LogP contribution in [0.15, 0.2) is 36.0 Å². The number of aliphatic hydroxyl groups is 3. The topological polar surface area (TPSA) is 126 Å². The van der Waals surface area contributed by atoms with Crippen molar-refractivity contribution in [2.75, 3.05) is 0 Å². The van der Waals surface area contributed by atoms with Crippen molar-refractivity contribution < 1.29 is 39.1 Å². The lowest BCUT2D eigenvalue weighted by Gasteiger charge is -2.32. The van der Waals surface area contributed by atoms with Gasteiger partial charge in [-0.15, -0.1) is 0 Å². The standard InChI is InChI=1S/C28H44O8/c1-8-22-28(7,36-22)26(32)19(4)11-9-10-17(2)25-18(3)12-13-23(34-20(5)29)27(6,33)15-14-21(30)16-24(31)35-25/h9-13,18-19,21-23,25-26,30,32-33H,8,14-16H2,1-7H3/b11-9+,13-12+,17-10+/t18-,19-,21+,22+,23-,25-,26+,27-,28-/m0/s1. The van der Waals surface area contributed by atoms with Gasteiger partial charge in [0.25, 0.3) is 0 Å². The summed E-state index contributed by atoms with van der Waals surface area (Å²) in [6.07, 6.45) is 6.75. The number of cyclic esters (lactones) is 1. The molecule has 2 aliphatic rings. The number of ether oxygens (including phenoxy) is 3. The zero-order valence-corrected chi connectivity index (χ0v) is 22.6. The molecule has 0 aromatic rings. The van der Waals surface area contributed by atoms with E-state index in [9.17, 15) is 24.9 Å². The Kier molecular flexibility index (Phi) is 10.5. The summed E-state index contributed by atoms with van der Waals surface area (Å²) in [5, 5.41) is 31.9. The van der Waals surface area contributed by atoms with E-state index in [2.05, 4.69) is 0 Å². The third-order valence-electron chi connectivity index (χ3n) is 7.27. The zero-order valence-electron chi connectivity index (χ0n) is 22.6. The fraction of sp³-hybridized carbons (Fsp3) is 0.714. The van der Waals surface area contributed by atoms with Gasteiger partial charge in [0, 0.05) is 18.8 Å². The number of carbonyl (C=O) groups is 2. The van der Waals surface area contributed by atoms with Crippen molar-refractivity contribution in [2.45, 2.75) is 116 Å². The van der Waals surface area contributed by atoms with Crippen LogP contribution in [-0.2, 0) is 23.8 Å². The van der Waals surface area contributed by atoms with Crippen LogP contribution in [0.2, 0.25) is 0 Å². The highest BCUT2D eigenvalue weighted by Gasteiger charge is 2.57. The lowest BCUT2D eigenvalue weighted by atomic mass is 9.88. The summed E-state index contributed by atoms with van der Waals surface area (Å²) in [4.78, 5) is 24.2. The van der Waals surface area contributed by atoms with Crippen molar-refractivity contribution in [1.29, 1.82) is 0 Å².